The van der Waals surface area contributed by atoms with E-state index < -0.39 is 0 Å². The summed E-state index contributed by atoms with van der Waals surface area (Å²) >= 11 is 0. The van der Waals surface area contributed by atoms with Gasteiger partial charge in [-0.05, 0) is 26.0 Å². The molecule has 0 radical (unpaired) electrons. The number of nitrogens with one attached hydrogen (secondary N) is 1. The highest BCUT2D eigenvalue weighted by Crippen LogP contribution is 2.08. The molecule has 0 heterocycles. The molecule has 0 atom stereocenters. The van der Waals surface area contributed by atoms with Gasteiger partial charge in [-0.25, -0.2) is 4.85 Å². The largest absolute Gasteiger partial charge is 0.398 e. The van der Waals surface area contributed by atoms with Crippen LogP contribution in [-0.4, -0.2) is 6.04 Å². The number of rotatable bonds is 3. The van der Waals surface area contributed by atoms with Crippen LogP contribution in [0.4, 0.5) is 0 Å². The Bertz CT molecular complexity index is 172. The standard InChI is InChI=1S/C9H16N2/c1-7(2)9(10-5)6-11-8(3)4/h6-8,11H,1-4H3/b9-6+. The number of nitrogens with zero attached hydrogens (tertiary/aromatic N) is 1. The molecule has 1 N–H and O–H groups in total. The van der Waals surface area contributed by atoms with Gasteiger partial charge in [-0.1, -0.05) is 13.8 Å². The van der Waals surface area contributed by atoms with Crippen molar-refractivity contribution in [1.82, 2.24) is 5.32 Å². The van der Waals surface area contributed by atoms with E-state index >= 15 is 0 Å². The first kappa shape index (κ1) is 10.0. The summed E-state index contributed by atoms with van der Waals surface area (Å²) < 4.78 is 0. The van der Waals surface area contributed by atoms with Crippen molar-refractivity contribution < 1.29 is 0 Å². The highest BCUT2D eigenvalue weighted by molar-refractivity contribution is 5.11. The summed E-state index contributed by atoms with van der Waals surface area (Å²) in [4.78, 5) is 3.41. The monoisotopic (exact) mass is 152 g/mol. The summed E-state index contributed by atoms with van der Waals surface area (Å²) in [5, 5.41) is 3.10. The zero-order chi connectivity index (χ0) is 8.85. The molecule has 0 rings (SSSR count). The third kappa shape index (κ3) is 4.44. The van der Waals surface area contributed by atoms with Gasteiger partial charge in [0.05, 0.1) is 6.57 Å². The van der Waals surface area contributed by atoms with Crippen molar-refractivity contribution in [2.75, 3.05) is 0 Å². The second-order valence-corrected chi connectivity index (χ2v) is 3.16. The zero-order valence-electron chi connectivity index (χ0n) is 7.68. The van der Waals surface area contributed by atoms with Crippen LogP contribution >= 0.6 is 0 Å². The van der Waals surface area contributed by atoms with E-state index in [1.165, 1.54) is 0 Å². The first-order valence-corrected chi connectivity index (χ1v) is 3.91. The Hall–Kier alpha value is -0.970. The van der Waals surface area contributed by atoms with E-state index in [4.69, 9.17) is 6.57 Å². The van der Waals surface area contributed by atoms with Crippen molar-refractivity contribution >= 4 is 0 Å². The van der Waals surface area contributed by atoms with Crippen LogP contribution in [-0.2, 0) is 0 Å². The van der Waals surface area contributed by atoms with Gasteiger partial charge < -0.3 is 5.32 Å². The SMILES string of the molecule is [C-]#[N+]/C(=C/NC(C)C)C(C)C. The molecule has 0 aromatic carbocycles. The normalized spacial score (nSPS) is 11.9. The molecule has 0 unspecified atom stereocenters. The lowest BCUT2D eigenvalue weighted by Crippen LogP contribution is -2.16. The molecule has 0 aliphatic rings. The molecule has 62 valence electrons. The van der Waals surface area contributed by atoms with Gasteiger partial charge in [-0.3, -0.25) is 0 Å². The van der Waals surface area contributed by atoms with Gasteiger partial charge in [-0.2, -0.15) is 0 Å². The maximum Gasteiger partial charge on any atom is 0.183 e. The molecular formula is C9H16N2. The molecule has 0 fully saturated rings. The predicted octanol–water partition coefficient (Wildman–Crippen LogP) is 2.40. The van der Waals surface area contributed by atoms with Gasteiger partial charge >= 0.3 is 0 Å². The van der Waals surface area contributed by atoms with Gasteiger partial charge in [0, 0.05) is 6.04 Å². The summed E-state index contributed by atoms with van der Waals surface area (Å²) in [6, 6.07) is 0.408. The summed E-state index contributed by atoms with van der Waals surface area (Å²) in [6.45, 7) is 15.0. The molecule has 0 saturated carbocycles. The Morgan fingerprint density at radius 3 is 2.18 bits per heavy atom. The van der Waals surface area contributed by atoms with Crippen LogP contribution < -0.4 is 5.32 Å². The molecule has 0 aliphatic carbocycles. The van der Waals surface area contributed by atoms with Crippen molar-refractivity contribution in [1.29, 1.82) is 0 Å². The lowest BCUT2D eigenvalue weighted by atomic mass is 10.1. The van der Waals surface area contributed by atoms with E-state index in [1.54, 1.807) is 0 Å². The van der Waals surface area contributed by atoms with Crippen LogP contribution in [0.15, 0.2) is 11.9 Å². The third-order valence-electron chi connectivity index (χ3n) is 1.29. The summed E-state index contributed by atoms with van der Waals surface area (Å²) in [5.41, 5.74) is 0.790. The molecule has 0 spiro atoms. The van der Waals surface area contributed by atoms with Crippen LogP contribution in [0.3, 0.4) is 0 Å². The van der Waals surface area contributed by atoms with E-state index in [0.717, 1.165) is 5.70 Å². The van der Waals surface area contributed by atoms with Gasteiger partial charge in [-0.15, -0.1) is 0 Å². The summed E-state index contributed by atoms with van der Waals surface area (Å²) in [6.07, 6.45) is 1.81. The van der Waals surface area contributed by atoms with Crippen LogP contribution in [0, 0.1) is 12.5 Å². The fourth-order valence-corrected chi connectivity index (χ4v) is 0.580. The Morgan fingerprint density at radius 1 is 1.36 bits per heavy atom. The van der Waals surface area contributed by atoms with E-state index in [9.17, 15) is 0 Å². The Balaban J connectivity index is 4.05. The number of hydrogen-bond acceptors (Lipinski definition) is 1. The quantitative estimate of drug-likeness (QED) is 0.614. The lowest BCUT2D eigenvalue weighted by molar-refractivity contribution is 0.683. The van der Waals surface area contributed by atoms with Gasteiger partial charge in [0.15, 0.2) is 5.70 Å². The smallest absolute Gasteiger partial charge is 0.183 e. The molecule has 11 heavy (non-hydrogen) atoms. The molecule has 0 saturated heterocycles. The molecule has 0 bridgehead atoms. The van der Waals surface area contributed by atoms with Crippen molar-refractivity contribution in [3.8, 4) is 0 Å². The van der Waals surface area contributed by atoms with E-state index in [2.05, 4.69) is 24.0 Å². The maximum atomic E-state index is 6.85. The molecule has 0 aromatic rings. The van der Waals surface area contributed by atoms with Crippen LogP contribution in [0.1, 0.15) is 27.7 Å². The number of allylic oxidation sites excluding steroid dienone is 1. The number of hydrogen-bond donors (Lipinski definition) is 1. The van der Waals surface area contributed by atoms with E-state index in [0.29, 0.717) is 12.0 Å². The predicted molar refractivity (Wildman–Crippen MR) is 47.8 cm³/mol. The average Bonchev–Trinajstić information content (AvgIpc) is 1.87. The zero-order valence-corrected chi connectivity index (χ0v) is 7.68. The molecule has 2 heteroatoms. The minimum Gasteiger partial charge on any atom is -0.398 e. The first-order chi connectivity index (χ1) is 5.07. The van der Waals surface area contributed by atoms with Crippen molar-refractivity contribution in [2.45, 2.75) is 33.7 Å². The average molecular weight is 152 g/mol. The fraction of sp³-hybridized carbons (Fsp3) is 0.667. The van der Waals surface area contributed by atoms with Gasteiger partial charge in [0.2, 0.25) is 0 Å². The Kier molecular flexibility index (Phi) is 4.36. The molecule has 0 aliphatic heterocycles. The van der Waals surface area contributed by atoms with Gasteiger partial charge in [0.25, 0.3) is 0 Å². The minimum absolute atomic E-state index is 0.318. The summed E-state index contributed by atoms with van der Waals surface area (Å²) in [7, 11) is 0. The van der Waals surface area contributed by atoms with Crippen LogP contribution in [0.5, 0.6) is 0 Å². The Labute approximate surface area is 69.1 Å². The first-order valence-electron chi connectivity index (χ1n) is 3.91. The van der Waals surface area contributed by atoms with E-state index in [1.807, 2.05) is 20.0 Å². The van der Waals surface area contributed by atoms with E-state index in [-0.39, 0.29) is 0 Å². The highest BCUT2D eigenvalue weighted by atomic mass is 14.9. The third-order valence-corrected chi connectivity index (χ3v) is 1.29. The van der Waals surface area contributed by atoms with Crippen LogP contribution in [0.2, 0.25) is 0 Å². The Morgan fingerprint density at radius 2 is 1.91 bits per heavy atom. The lowest BCUT2D eigenvalue weighted by Gasteiger charge is -2.06. The molecule has 0 aromatic heterocycles. The minimum atomic E-state index is 0.318. The highest BCUT2D eigenvalue weighted by Gasteiger charge is 2.01. The second-order valence-electron chi connectivity index (χ2n) is 3.16. The van der Waals surface area contributed by atoms with Crippen molar-refractivity contribution in [2.24, 2.45) is 5.92 Å². The van der Waals surface area contributed by atoms with Gasteiger partial charge in [0.1, 0.15) is 0 Å². The van der Waals surface area contributed by atoms with Crippen molar-refractivity contribution in [3.63, 3.8) is 0 Å². The second kappa shape index (κ2) is 4.79. The van der Waals surface area contributed by atoms with Crippen LogP contribution in [0.25, 0.3) is 4.85 Å². The summed E-state index contributed by atoms with van der Waals surface area (Å²) in [5.74, 6) is 0.318. The molecular weight excluding hydrogens is 136 g/mol. The fourth-order valence-electron chi connectivity index (χ4n) is 0.580. The molecule has 2 nitrogen and oxygen atoms in total. The molecule has 0 amide bonds. The maximum absolute atomic E-state index is 6.85. The topological polar surface area (TPSA) is 16.4 Å². The van der Waals surface area contributed by atoms with Crippen molar-refractivity contribution in [3.05, 3.63) is 23.3 Å².